The highest BCUT2D eigenvalue weighted by Gasteiger charge is 2.00. The first-order valence-electron chi connectivity index (χ1n) is 2.76. The largest absolute Gasteiger partial charge is 0.354 e. The van der Waals surface area contributed by atoms with Crippen LogP contribution in [0.3, 0.4) is 0 Å². The molecule has 0 amide bonds. The van der Waals surface area contributed by atoms with Gasteiger partial charge in [0.1, 0.15) is 12.1 Å². The number of hydrogen-bond donors (Lipinski definition) is 1. The lowest BCUT2D eigenvalue weighted by Crippen LogP contribution is -2.21. The first-order valence-corrected chi connectivity index (χ1v) is 2.76. The van der Waals surface area contributed by atoms with Crippen LogP contribution in [-0.4, -0.2) is 30.7 Å². The lowest BCUT2D eigenvalue weighted by molar-refractivity contribution is 0.629. The maximum absolute atomic E-state index is 8.41. The summed E-state index contributed by atoms with van der Waals surface area (Å²) in [6.45, 7) is 0. The molecule has 0 aromatic carbocycles. The fraction of sp³-hybridized carbons (Fsp3) is 0.333. The Balaban J connectivity index is 4.56. The van der Waals surface area contributed by atoms with Crippen LogP contribution < -0.4 is 0 Å². The summed E-state index contributed by atoms with van der Waals surface area (Å²) in [4.78, 5) is 4.85. The Hall–Kier alpha value is -1.88. The summed E-state index contributed by atoms with van der Waals surface area (Å²) < 4.78 is 0. The standard InChI is InChI=1S/C6H7N5/c1-11(2)6(4-8)10-5(9)3-7/h9H,1-2H3/b9-5?,10-6-. The maximum Gasteiger partial charge on any atom is 0.227 e. The fourth-order valence-electron chi connectivity index (χ4n) is 0.356. The number of hydrogen-bond acceptors (Lipinski definition) is 3. The first kappa shape index (κ1) is 9.12. The summed E-state index contributed by atoms with van der Waals surface area (Å²) in [6.07, 6.45) is 0. The molecule has 11 heavy (non-hydrogen) atoms. The van der Waals surface area contributed by atoms with Crippen molar-refractivity contribution in [1.82, 2.24) is 4.90 Å². The van der Waals surface area contributed by atoms with Crippen molar-refractivity contribution in [2.45, 2.75) is 0 Å². The minimum atomic E-state index is -0.463. The smallest absolute Gasteiger partial charge is 0.227 e. The minimum Gasteiger partial charge on any atom is -0.354 e. The van der Waals surface area contributed by atoms with Crippen LogP contribution in [0.4, 0.5) is 0 Å². The van der Waals surface area contributed by atoms with E-state index in [1.807, 2.05) is 0 Å². The third-order valence-corrected chi connectivity index (χ3v) is 0.847. The van der Waals surface area contributed by atoms with E-state index in [2.05, 4.69) is 4.99 Å². The van der Waals surface area contributed by atoms with E-state index >= 15 is 0 Å². The summed E-state index contributed by atoms with van der Waals surface area (Å²) in [6, 6.07) is 3.25. The third kappa shape index (κ3) is 2.97. The predicted molar refractivity (Wildman–Crippen MR) is 40.1 cm³/mol. The Labute approximate surface area is 64.7 Å². The second kappa shape index (κ2) is 4.02. The number of amidine groups is 2. The molecule has 5 heteroatoms. The molecule has 0 saturated heterocycles. The van der Waals surface area contributed by atoms with E-state index in [4.69, 9.17) is 15.9 Å². The second-order valence-electron chi connectivity index (χ2n) is 1.90. The highest BCUT2D eigenvalue weighted by Crippen LogP contribution is 1.83. The van der Waals surface area contributed by atoms with Crippen molar-refractivity contribution in [3.8, 4) is 12.1 Å². The average molecular weight is 149 g/mol. The van der Waals surface area contributed by atoms with Crippen molar-refractivity contribution >= 4 is 11.7 Å². The molecule has 0 aliphatic heterocycles. The van der Waals surface area contributed by atoms with Gasteiger partial charge in [0, 0.05) is 14.1 Å². The van der Waals surface area contributed by atoms with Crippen molar-refractivity contribution in [2.24, 2.45) is 4.99 Å². The molecule has 0 fully saturated rings. The number of aliphatic imine (C=N–C) groups is 1. The topological polar surface area (TPSA) is 87.0 Å². The minimum absolute atomic E-state index is 0.0524. The van der Waals surface area contributed by atoms with Crippen LogP contribution in [0.15, 0.2) is 4.99 Å². The van der Waals surface area contributed by atoms with Gasteiger partial charge in [-0.2, -0.15) is 15.5 Å². The Morgan fingerprint density at radius 1 is 1.36 bits per heavy atom. The van der Waals surface area contributed by atoms with Gasteiger partial charge < -0.3 is 4.90 Å². The van der Waals surface area contributed by atoms with Crippen LogP contribution in [0.1, 0.15) is 0 Å². The molecular formula is C6H7N5. The van der Waals surface area contributed by atoms with Gasteiger partial charge >= 0.3 is 0 Å². The van der Waals surface area contributed by atoms with Gasteiger partial charge in [-0.05, 0) is 0 Å². The maximum atomic E-state index is 8.41. The van der Waals surface area contributed by atoms with Crippen LogP contribution in [0.25, 0.3) is 0 Å². The number of nitrogens with one attached hydrogen (secondary N) is 1. The Morgan fingerprint density at radius 2 is 1.91 bits per heavy atom. The van der Waals surface area contributed by atoms with E-state index in [9.17, 15) is 0 Å². The van der Waals surface area contributed by atoms with Crippen LogP contribution in [0, 0.1) is 28.1 Å². The van der Waals surface area contributed by atoms with Gasteiger partial charge in [-0.15, -0.1) is 0 Å². The van der Waals surface area contributed by atoms with Crippen molar-refractivity contribution in [2.75, 3.05) is 14.1 Å². The molecule has 0 bridgehead atoms. The van der Waals surface area contributed by atoms with Gasteiger partial charge in [0.05, 0.1) is 0 Å². The van der Waals surface area contributed by atoms with E-state index in [-0.39, 0.29) is 5.84 Å². The van der Waals surface area contributed by atoms with E-state index < -0.39 is 5.84 Å². The van der Waals surface area contributed by atoms with Gasteiger partial charge in [0.25, 0.3) is 0 Å². The van der Waals surface area contributed by atoms with Gasteiger partial charge in [-0.1, -0.05) is 0 Å². The molecule has 0 saturated carbocycles. The van der Waals surface area contributed by atoms with E-state index in [0.29, 0.717) is 0 Å². The molecule has 0 unspecified atom stereocenters. The summed E-state index contributed by atoms with van der Waals surface area (Å²) in [5.74, 6) is -0.410. The number of rotatable bonds is 0. The summed E-state index contributed by atoms with van der Waals surface area (Å²) in [7, 11) is 3.24. The second-order valence-corrected chi connectivity index (χ2v) is 1.90. The quantitative estimate of drug-likeness (QED) is 0.387. The van der Waals surface area contributed by atoms with Gasteiger partial charge in [0.2, 0.25) is 11.7 Å². The zero-order valence-corrected chi connectivity index (χ0v) is 6.29. The number of nitriles is 2. The predicted octanol–water partition coefficient (Wildman–Crippen LogP) is -0.0291. The van der Waals surface area contributed by atoms with E-state index in [1.165, 1.54) is 11.0 Å². The van der Waals surface area contributed by atoms with Crippen LogP contribution in [0.2, 0.25) is 0 Å². The number of nitrogens with zero attached hydrogens (tertiary/aromatic N) is 4. The molecular weight excluding hydrogens is 142 g/mol. The van der Waals surface area contributed by atoms with Crippen LogP contribution in [-0.2, 0) is 0 Å². The molecule has 0 heterocycles. The van der Waals surface area contributed by atoms with E-state index in [1.54, 1.807) is 20.2 Å². The molecule has 0 aromatic heterocycles. The van der Waals surface area contributed by atoms with Crippen LogP contribution in [0.5, 0.6) is 0 Å². The molecule has 0 aromatic rings. The van der Waals surface area contributed by atoms with Gasteiger partial charge in [0.15, 0.2) is 0 Å². The highest BCUT2D eigenvalue weighted by atomic mass is 15.1. The zero-order chi connectivity index (χ0) is 8.85. The molecule has 0 rings (SSSR count). The van der Waals surface area contributed by atoms with Crippen molar-refractivity contribution in [1.29, 1.82) is 15.9 Å². The Bertz CT molecular complexity index is 262. The summed E-state index contributed by atoms with van der Waals surface area (Å²) in [5.41, 5.74) is 0. The molecule has 5 nitrogen and oxygen atoms in total. The molecule has 0 aliphatic rings. The van der Waals surface area contributed by atoms with Gasteiger partial charge in [-0.3, -0.25) is 5.41 Å². The SMILES string of the molecule is CN(C)/C(C#N)=N\C(=N)C#N. The van der Waals surface area contributed by atoms with Crippen LogP contribution >= 0.6 is 0 Å². The van der Waals surface area contributed by atoms with Gasteiger partial charge in [-0.25, -0.2) is 0 Å². The molecule has 1 N–H and O–H groups in total. The first-order chi connectivity index (χ1) is 5.11. The van der Waals surface area contributed by atoms with Crippen molar-refractivity contribution in [3.05, 3.63) is 0 Å². The van der Waals surface area contributed by atoms with Crippen molar-refractivity contribution < 1.29 is 0 Å². The summed E-state index contributed by atoms with van der Waals surface area (Å²) >= 11 is 0. The fourth-order valence-corrected chi connectivity index (χ4v) is 0.356. The lowest BCUT2D eigenvalue weighted by Gasteiger charge is -2.06. The Morgan fingerprint density at radius 3 is 2.18 bits per heavy atom. The monoisotopic (exact) mass is 149 g/mol. The average Bonchev–Trinajstić information content (AvgIpc) is 1.99. The third-order valence-electron chi connectivity index (χ3n) is 0.847. The zero-order valence-electron chi connectivity index (χ0n) is 6.29. The summed E-state index contributed by atoms with van der Waals surface area (Å²) in [5, 5.41) is 23.4. The lowest BCUT2D eigenvalue weighted by atomic mass is 10.5. The molecule has 0 aliphatic carbocycles. The highest BCUT2D eigenvalue weighted by molar-refractivity contribution is 6.08. The molecule has 0 radical (unpaired) electrons. The van der Waals surface area contributed by atoms with Crippen molar-refractivity contribution in [3.63, 3.8) is 0 Å². The molecule has 0 atom stereocenters. The molecule has 0 spiro atoms. The molecule has 56 valence electrons. The van der Waals surface area contributed by atoms with E-state index in [0.717, 1.165) is 0 Å². The Kier molecular flexibility index (Phi) is 3.33. The normalized spacial score (nSPS) is 9.64.